The first-order chi connectivity index (χ1) is 8.78. The van der Waals surface area contributed by atoms with Crippen molar-refractivity contribution in [1.82, 2.24) is 15.2 Å². The number of nitrogens with one attached hydrogen (secondary N) is 1. The van der Waals surface area contributed by atoms with Crippen molar-refractivity contribution in [3.8, 4) is 0 Å². The Labute approximate surface area is 111 Å². The van der Waals surface area contributed by atoms with Gasteiger partial charge in [0.25, 0.3) is 0 Å². The van der Waals surface area contributed by atoms with E-state index in [1.165, 1.54) is 37.1 Å². The van der Waals surface area contributed by atoms with Crippen molar-refractivity contribution in [3.05, 3.63) is 29.6 Å². The van der Waals surface area contributed by atoms with Crippen LogP contribution in [0.15, 0.2) is 18.3 Å². The maximum absolute atomic E-state index is 4.54. The summed E-state index contributed by atoms with van der Waals surface area (Å²) in [6.07, 6.45) is 6.25. The van der Waals surface area contributed by atoms with Gasteiger partial charge < -0.3 is 10.2 Å². The van der Waals surface area contributed by atoms with Crippen molar-refractivity contribution in [2.24, 2.45) is 5.92 Å². The van der Waals surface area contributed by atoms with Crippen LogP contribution < -0.4 is 5.32 Å². The summed E-state index contributed by atoms with van der Waals surface area (Å²) in [5.74, 6) is 0.933. The molecule has 0 amide bonds. The molecule has 0 saturated heterocycles. The van der Waals surface area contributed by atoms with E-state index in [1.54, 1.807) is 0 Å². The molecule has 1 heterocycles. The Bertz CT molecular complexity index is 343. The van der Waals surface area contributed by atoms with Crippen molar-refractivity contribution in [2.45, 2.75) is 39.3 Å². The third-order valence-corrected chi connectivity index (χ3v) is 3.69. The molecule has 0 unspecified atom stereocenters. The Morgan fingerprint density at radius 2 is 2.22 bits per heavy atom. The minimum atomic E-state index is 0.918. The van der Waals surface area contributed by atoms with Crippen molar-refractivity contribution < 1.29 is 0 Å². The molecule has 0 radical (unpaired) electrons. The molecule has 2 rings (SSSR count). The number of hydrogen-bond acceptors (Lipinski definition) is 3. The molecule has 1 aliphatic rings. The van der Waals surface area contributed by atoms with E-state index in [0.717, 1.165) is 25.6 Å². The maximum Gasteiger partial charge on any atom is 0.0544 e. The van der Waals surface area contributed by atoms with Crippen LogP contribution in [0.1, 0.15) is 37.4 Å². The molecule has 1 aromatic rings. The molecule has 100 valence electrons. The van der Waals surface area contributed by atoms with E-state index in [9.17, 15) is 0 Å². The van der Waals surface area contributed by atoms with Gasteiger partial charge in [-0.05, 0) is 44.0 Å². The average Bonchev–Trinajstić information content (AvgIpc) is 2.33. The Morgan fingerprint density at radius 1 is 1.39 bits per heavy atom. The van der Waals surface area contributed by atoms with Gasteiger partial charge in [0.2, 0.25) is 0 Å². The lowest BCUT2D eigenvalue weighted by atomic mass is 9.85. The predicted molar refractivity (Wildman–Crippen MR) is 75.3 cm³/mol. The molecular weight excluding hydrogens is 222 g/mol. The van der Waals surface area contributed by atoms with E-state index < -0.39 is 0 Å². The summed E-state index contributed by atoms with van der Waals surface area (Å²) in [4.78, 5) is 6.94. The molecule has 1 fully saturated rings. The third-order valence-electron chi connectivity index (χ3n) is 3.69. The molecule has 0 spiro atoms. The normalized spacial score (nSPS) is 15.9. The van der Waals surface area contributed by atoms with Crippen LogP contribution in [0.25, 0.3) is 0 Å². The minimum absolute atomic E-state index is 0.918. The van der Waals surface area contributed by atoms with E-state index in [2.05, 4.69) is 41.3 Å². The number of rotatable bonds is 7. The van der Waals surface area contributed by atoms with E-state index in [1.807, 2.05) is 6.20 Å². The van der Waals surface area contributed by atoms with Gasteiger partial charge in [-0.3, -0.25) is 4.98 Å². The standard InChI is InChI=1S/C15H25N3/c1-3-16-9-14-7-8-15(17-10-14)12-18(2)11-13-5-4-6-13/h7-8,10,13,16H,3-6,9,11-12H2,1-2H3. The molecule has 3 nitrogen and oxygen atoms in total. The van der Waals surface area contributed by atoms with E-state index in [0.29, 0.717) is 0 Å². The lowest BCUT2D eigenvalue weighted by molar-refractivity contribution is 0.199. The van der Waals surface area contributed by atoms with Crippen LogP contribution in [0.3, 0.4) is 0 Å². The predicted octanol–water partition coefficient (Wildman–Crippen LogP) is 2.42. The van der Waals surface area contributed by atoms with Gasteiger partial charge in [0.15, 0.2) is 0 Å². The molecule has 3 heteroatoms. The van der Waals surface area contributed by atoms with Gasteiger partial charge >= 0.3 is 0 Å². The lowest BCUT2D eigenvalue weighted by Crippen LogP contribution is -2.29. The summed E-state index contributed by atoms with van der Waals surface area (Å²) in [6.45, 7) is 6.24. The summed E-state index contributed by atoms with van der Waals surface area (Å²) in [6, 6.07) is 4.34. The third kappa shape index (κ3) is 4.07. The molecule has 1 N–H and O–H groups in total. The number of aromatic nitrogens is 1. The second kappa shape index (κ2) is 6.86. The summed E-state index contributed by atoms with van der Waals surface area (Å²) in [7, 11) is 2.20. The van der Waals surface area contributed by atoms with Gasteiger partial charge in [0, 0.05) is 25.8 Å². The van der Waals surface area contributed by atoms with E-state index in [-0.39, 0.29) is 0 Å². The van der Waals surface area contributed by atoms with Gasteiger partial charge in [-0.25, -0.2) is 0 Å². The highest BCUT2D eigenvalue weighted by Gasteiger charge is 2.18. The molecule has 1 saturated carbocycles. The molecule has 1 aromatic heterocycles. The maximum atomic E-state index is 4.54. The fourth-order valence-corrected chi connectivity index (χ4v) is 2.38. The SMILES string of the molecule is CCNCc1ccc(CN(C)CC2CCC2)nc1. The van der Waals surface area contributed by atoms with E-state index in [4.69, 9.17) is 0 Å². The number of pyridine rings is 1. The van der Waals surface area contributed by atoms with Crippen molar-refractivity contribution >= 4 is 0 Å². The van der Waals surface area contributed by atoms with Crippen molar-refractivity contribution in [1.29, 1.82) is 0 Å². The molecule has 1 aliphatic carbocycles. The van der Waals surface area contributed by atoms with Gasteiger partial charge in [0.1, 0.15) is 0 Å². The topological polar surface area (TPSA) is 28.2 Å². The molecule has 0 bridgehead atoms. The molecule has 0 aromatic carbocycles. The van der Waals surface area contributed by atoms with Crippen molar-refractivity contribution in [2.75, 3.05) is 20.1 Å². The first-order valence-electron chi connectivity index (χ1n) is 7.11. The molecule has 0 atom stereocenters. The van der Waals surface area contributed by atoms with Crippen LogP contribution in [-0.4, -0.2) is 30.0 Å². The van der Waals surface area contributed by atoms with Crippen LogP contribution in [0.4, 0.5) is 0 Å². The quantitative estimate of drug-likeness (QED) is 0.802. The zero-order chi connectivity index (χ0) is 12.8. The average molecular weight is 247 g/mol. The van der Waals surface area contributed by atoms with Crippen LogP contribution in [0.2, 0.25) is 0 Å². The number of hydrogen-bond donors (Lipinski definition) is 1. The van der Waals surface area contributed by atoms with Crippen LogP contribution in [-0.2, 0) is 13.1 Å². The largest absolute Gasteiger partial charge is 0.313 e. The Hall–Kier alpha value is -0.930. The zero-order valence-electron chi connectivity index (χ0n) is 11.7. The summed E-state index contributed by atoms with van der Waals surface area (Å²) < 4.78 is 0. The second-order valence-corrected chi connectivity index (χ2v) is 5.43. The minimum Gasteiger partial charge on any atom is -0.313 e. The van der Waals surface area contributed by atoms with Gasteiger partial charge in [-0.15, -0.1) is 0 Å². The van der Waals surface area contributed by atoms with Gasteiger partial charge in [-0.1, -0.05) is 19.4 Å². The second-order valence-electron chi connectivity index (χ2n) is 5.43. The van der Waals surface area contributed by atoms with Gasteiger partial charge in [0.05, 0.1) is 5.69 Å². The highest BCUT2D eigenvalue weighted by Crippen LogP contribution is 2.26. The smallest absolute Gasteiger partial charge is 0.0544 e. The molecule has 18 heavy (non-hydrogen) atoms. The highest BCUT2D eigenvalue weighted by atomic mass is 15.1. The summed E-state index contributed by atoms with van der Waals surface area (Å²) >= 11 is 0. The first kappa shape index (κ1) is 13.5. The monoisotopic (exact) mass is 247 g/mol. The lowest BCUT2D eigenvalue weighted by Gasteiger charge is -2.29. The highest BCUT2D eigenvalue weighted by molar-refractivity contribution is 5.13. The Balaban J connectivity index is 1.77. The van der Waals surface area contributed by atoms with Gasteiger partial charge in [-0.2, -0.15) is 0 Å². The number of nitrogens with zero attached hydrogens (tertiary/aromatic N) is 2. The van der Waals surface area contributed by atoms with Crippen molar-refractivity contribution in [3.63, 3.8) is 0 Å². The van der Waals surface area contributed by atoms with Crippen LogP contribution in [0, 0.1) is 5.92 Å². The Morgan fingerprint density at radius 3 is 2.78 bits per heavy atom. The first-order valence-corrected chi connectivity index (χ1v) is 7.11. The summed E-state index contributed by atoms with van der Waals surface area (Å²) in [5, 5.41) is 3.32. The fraction of sp³-hybridized carbons (Fsp3) is 0.667. The fourth-order valence-electron chi connectivity index (χ4n) is 2.38. The van der Waals surface area contributed by atoms with Crippen LogP contribution >= 0.6 is 0 Å². The molecule has 0 aliphatic heterocycles. The summed E-state index contributed by atoms with van der Waals surface area (Å²) in [5.41, 5.74) is 2.44. The van der Waals surface area contributed by atoms with E-state index >= 15 is 0 Å². The van der Waals surface area contributed by atoms with Crippen LogP contribution in [0.5, 0.6) is 0 Å². The molecular formula is C15H25N3. The Kier molecular flexibility index (Phi) is 5.14. The zero-order valence-corrected chi connectivity index (χ0v) is 11.7.